The van der Waals surface area contributed by atoms with E-state index in [0.717, 1.165) is 74.0 Å². The smallest absolute Gasteiger partial charge is 0.330 e. The number of carbonyl (C=O) groups is 2. The van der Waals surface area contributed by atoms with Crippen LogP contribution in [-0.2, 0) is 19.1 Å². The molecule has 1 aromatic heterocycles. The SMILES string of the molecule is C=CC(=O)OCCCCCCOc1ccc(C#Cc2cnc(C#Cc3ccc(OCCCCCCOC(=O)C=C)cc3)nn2)cc1. The summed E-state index contributed by atoms with van der Waals surface area (Å²) in [6, 6.07) is 15.1. The molecule has 2 aromatic carbocycles. The molecule has 3 rings (SSSR count). The predicted molar refractivity (Wildman–Crippen MR) is 175 cm³/mol. The van der Waals surface area contributed by atoms with Crippen molar-refractivity contribution in [1.29, 1.82) is 0 Å². The van der Waals surface area contributed by atoms with Gasteiger partial charge in [0.15, 0.2) is 5.69 Å². The van der Waals surface area contributed by atoms with E-state index in [-0.39, 0.29) is 11.9 Å². The first-order valence-corrected chi connectivity index (χ1v) is 15.3. The van der Waals surface area contributed by atoms with Crippen LogP contribution in [0.4, 0.5) is 0 Å². The molecule has 238 valence electrons. The normalized spacial score (nSPS) is 9.91. The first kappa shape index (κ1) is 35.1. The van der Waals surface area contributed by atoms with Crippen LogP contribution in [0.1, 0.15) is 74.0 Å². The van der Waals surface area contributed by atoms with Crippen LogP contribution in [0, 0.1) is 23.7 Å². The fraction of sp³-hybridized carbons (Fsp3) is 0.324. The minimum atomic E-state index is -0.381. The zero-order valence-electron chi connectivity index (χ0n) is 26.0. The third kappa shape index (κ3) is 14.9. The van der Waals surface area contributed by atoms with Crippen LogP contribution in [0.3, 0.4) is 0 Å². The molecular formula is C37H39N3O6. The molecule has 0 bridgehead atoms. The molecule has 0 radical (unpaired) electrons. The van der Waals surface area contributed by atoms with E-state index in [0.29, 0.717) is 37.9 Å². The first-order valence-electron chi connectivity index (χ1n) is 15.3. The minimum absolute atomic E-state index is 0.308. The number of hydrogen-bond donors (Lipinski definition) is 0. The van der Waals surface area contributed by atoms with Crippen molar-refractivity contribution in [2.45, 2.75) is 51.4 Å². The second-order valence-electron chi connectivity index (χ2n) is 9.98. The lowest BCUT2D eigenvalue weighted by atomic mass is 10.2. The minimum Gasteiger partial charge on any atom is -0.494 e. The summed E-state index contributed by atoms with van der Waals surface area (Å²) in [7, 11) is 0. The molecule has 46 heavy (non-hydrogen) atoms. The number of carbonyl (C=O) groups excluding carboxylic acids is 2. The number of nitrogens with zero attached hydrogens (tertiary/aromatic N) is 3. The summed E-state index contributed by atoms with van der Waals surface area (Å²) in [5.41, 5.74) is 2.08. The summed E-state index contributed by atoms with van der Waals surface area (Å²) >= 11 is 0. The van der Waals surface area contributed by atoms with Gasteiger partial charge in [0, 0.05) is 23.3 Å². The van der Waals surface area contributed by atoms with Gasteiger partial charge in [0.1, 0.15) is 11.5 Å². The van der Waals surface area contributed by atoms with Gasteiger partial charge in [-0.15, -0.1) is 10.2 Å². The van der Waals surface area contributed by atoms with Crippen LogP contribution in [-0.4, -0.2) is 53.5 Å². The second-order valence-corrected chi connectivity index (χ2v) is 9.98. The summed E-state index contributed by atoms with van der Waals surface area (Å²) in [4.78, 5) is 26.2. The monoisotopic (exact) mass is 621 g/mol. The molecule has 3 aromatic rings. The molecule has 0 fully saturated rings. The molecule has 0 atom stereocenters. The summed E-state index contributed by atoms with van der Waals surface area (Å²) < 4.78 is 21.5. The number of unbranched alkanes of at least 4 members (excludes halogenated alkanes) is 6. The largest absolute Gasteiger partial charge is 0.494 e. The van der Waals surface area contributed by atoms with Crippen molar-refractivity contribution >= 4 is 11.9 Å². The van der Waals surface area contributed by atoms with E-state index in [4.69, 9.17) is 18.9 Å². The molecule has 0 N–H and O–H groups in total. The van der Waals surface area contributed by atoms with Crippen molar-refractivity contribution in [3.63, 3.8) is 0 Å². The maximum Gasteiger partial charge on any atom is 0.330 e. The van der Waals surface area contributed by atoms with E-state index in [1.807, 2.05) is 48.5 Å². The highest BCUT2D eigenvalue weighted by Gasteiger charge is 2.00. The predicted octanol–water partition coefficient (Wildman–Crippen LogP) is 6.01. The lowest BCUT2D eigenvalue weighted by Gasteiger charge is -2.06. The zero-order chi connectivity index (χ0) is 32.7. The molecule has 0 saturated carbocycles. The highest BCUT2D eigenvalue weighted by molar-refractivity contribution is 5.81. The topological polar surface area (TPSA) is 110 Å². The summed E-state index contributed by atoms with van der Waals surface area (Å²) in [5.74, 6) is 13.1. The van der Waals surface area contributed by atoms with E-state index in [9.17, 15) is 9.59 Å². The Morgan fingerprint density at radius 1 is 0.587 bits per heavy atom. The lowest BCUT2D eigenvalue weighted by Crippen LogP contribution is -2.02. The molecule has 9 heteroatoms. The van der Waals surface area contributed by atoms with Gasteiger partial charge in [-0.1, -0.05) is 25.0 Å². The van der Waals surface area contributed by atoms with Crippen LogP contribution >= 0.6 is 0 Å². The standard InChI is InChI=1S/C37H39N3O6/c1-3-36(41)45-27-11-7-5-9-25-43-33-20-14-30(15-21-33)13-19-32-29-38-35(40-39-32)24-18-31-16-22-34(23-17-31)44-26-10-6-8-12-28-46-37(42)4-2/h3-4,14-17,20-23,29H,1-2,5-12,25-28H2. The Balaban J connectivity index is 1.32. The number of hydrogen-bond acceptors (Lipinski definition) is 9. The van der Waals surface area contributed by atoms with Crippen molar-refractivity contribution in [2.75, 3.05) is 26.4 Å². The third-order valence-corrected chi connectivity index (χ3v) is 6.36. The van der Waals surface area contributed by atoms with Crippen LogP contribution in [0.15, 0.2) is 80.0 Å². The van der Waals surface area contributed by atoms with Gasteiger partial charge in [0.2, 0.25) is 5.82 Å². The fourth-order valence-electron chi connectivity index (χ4n) is 3.88. The molecule has 0 spiro atoms. The quantitative estimate of drug-likeness (QED) is 0.0730. The zero-order valence-corrected chi connectivity index (χ0v) is 26.0. The van der Waals surface area contributed by atoms with Gasteiger partial charge in [0.05, 0.1) is 32.6 Å². The second kappa shape index (κ2) is 21.3. The molecule has 0 aliphatic carbocycles. The van der Waals surface area contributed by atoms with Crippen LogP contribution in [0.5, 0.6) is 11.5 Å². The van der Waals surface area contributed by atoms with Gasteiger partial charge in [-0.2, -0.15) is 0 Å². The van der Waals surface area contributed by atoms with Gasteiger partial charge in [-0.25, -0.2) is 14.6 Å². The average Bonchev–Trinajstić information content (AvgIpc) is 3.09. The van der Waals surface area contributed by atoms with E-state index in [1.54, 1.807) is 6.20 Å². The van der Waals surface area contributed by atoms with Crippen molar-refractivity contribution in [3.05, 3.63) is 103 Å². The van der Waals surface area contributed by atoms with E-state index >= 15 is 0 Å². The first-order chi connectivity index (χ1) is 22.6. The van der Waals surface area contributed by atoms with Gasteiger partial charge in [-0.3, -0.25) is 0 Å². The number of rotatable bonds is 18. The Bertz CT molecular complexity index is 1400. The highest BCUT2D eigenvalue weighted by Crippen LogP contribution is 2.14. The Kier molecular flexibility index (Phi) is 16.3. The molecule has 0 aliphatic heterocycles. The van der Waals surface area contributed by atoms with Crippen LogP contribution in [0.2, 0.25) is 0 Å². The number of ether oxygens (including phenoxy) is 4. The van der Waals surface area contributed by atoms with Crippen molar-refractivity contribution in [2.24, 2.45) is 0 Å². The molecule has 0 unspecified atom stereocenters. The van der Waals surface area contributed by atoms with Crippen LogP contribution < -0.4 is 9.47 Å². The van der Waals surface area contributed by atoms with Gasteiger partial charge >= 0.3 is 11.9 Å². The summed E-state index contributed by atoms with van der Waals surface area (Å²) in [6.45, 7) is 8.82. The Hall–Kier alpha value is -5.41. The van der Waals surface area contributed by atoms with Gasteiger partial charge in [0.25, 0.3) is 0 Å². The Labute approximate surface area is 271 Å². The molecule has 0 saturated heterocycles. The highest BCUT2D eigenvalue weighted by atomic mass is 16.5. The molecule has 9 nitrogen and oxygen atoms in total. The molecular weight excluding hydrogens is 582 g/mol. The third-order valence-electron chi connectivity index (χ3n) is 6.36. The van der Waals surface area contributed by atoms with E-state index < -0.39 is 0 Å². The van der Waals surface area contributed by atoms with Crippen molar-refractivity contribution in [1.82, 2.24) is 15.2 Å². The van der Waals surface area contributed by atoms with E-state index in [2.05, 4.69) is 52.0 Å². The number of benzene rings is 2. The Morgan fingerprint density at radius 2 is 1.04 bits per heavy atom. The van der Waals surface area contributed by atoms with Crippen molar-refractivity contribution < 1.29 is 28.5 Å². The van der Waals surface area contributed by atoms with Gasteiger partial charge < -0.3 is 18.9 Å². The molecule has 0 amide bonds. The number of aromatic nitrogens is 3. The van der Waals surface area contributed by atoms with Gasteiger partial charge in [-0.05, 0) is 112 Å². The average molecular weight is 622 g/mol. The van der Waals surface area contributed by atoms with Crippen LogP contribution in [0.25, 0.3) is 0 Å². The summed E-state index contributed by atoms with van der Waals surface area (Å²) in [6.07, 6.45) is 11.3. The molecule has 1 heterocycles. The summed E-state index contributed by atoms with van der Waals surface area (Å²) in [5, 5.41) is 8.18. The number of esters is 2. The maximum absolute atomic E-state index is 11.0. The van der Waals surface area contributed by atoms with E-state index in [1.165, 1.54) is 12.2 Å². The van der Waals surface area contributed by atoms with Crippen molar-refractivity contribution in [3.8, 4) is 35.2 Å². The maximum atomic E-state index is 11.0. The Morgan fingerprint density at radius 3 is 1.48 bits per heavy atom. The fourth-order valence-corrected chi connectivity index (χ4v) is 3.88. The lowest BCUT2D eigenvalue weighted by molar-refractivity contribution is -0.138. The molecule has 0 aliphatic rings.